The van der Waals surface area contributed by atoms with Crippen molar-refractivity contribution in [1.82, 2.24) is 0 Å². The first kappa shape index (κ1) is 12.0. The molecule has 0 saturated carbocycles. The van der Waals surface area contributed by atoms with Crippen LogP contribution >= 0.6 is 0 Å². The second-order valence-corrected chi connectivity index (χ2v) is 3.05. The normalized spacial score (nSPS) is 11.4. The second kappa shape index (κ2) is 5.14. The molecule has 0 aliphatic rings. The van der Waals surface area contributed by atoms with Crippen LogP contribution in [0.2, 0.25) is 0 Å². The van der Waals surface area contributed by atoms with Crippen LogP contribution in [0, 0.1) is 11.3 Å². The Balaban J connectivity index is 3.10. The van der Waals surface area contributed by atoms with Gasteiger partial charge in [0, 0.05) is 0 Å². The van der Waals surface area contributed by atoms with Gasteiger partial charge < -0.3 is 14.6 Å². The van der Waals surface area contributed by atoms with Crippen LogP contribution in [0.5, 0.6) is 11.5 Å². The number of nitriles is 1. The molecule has 0 fully saturated rings. The van der Waals surface area contributed by atoms with Gasteiger partial charge in [0.1, 0.15) is 12.2 Å². The molecular weight excluding hydrogens is 210 g/mol. The van der Waals surface area contributed by atoms with E-state index >= 15 is 0 Å². The van der Waals surface area contributed by atoms with Gasteiger partial charge in [-0.05, 0) is 19.1 Å². The smallest absolute Gasteiger partial charge is 0.340 e. The fourth-order valence-electron chi connectivity index (χ4n) is 1.06. The van der Waals surface area contributed by atoms with Crippen molar-refractivity contribution in [3.63, 3.8) is 0 Å². The lowest BCUT2D eigenvalue weighted by molar-refractivity contribution is -0.142. The first-order valence-electron chi connectivity index (χ1n) is 4.57. The maximum absolute atomic E-state index is 11.2. The number of hydrogen-bond acceptors (Lipinski definition) is 5. The molecule has 0 aliphatic heterocycles. The molecule has 1 N–H and O–H groups in total. The van der Waals surface area contributed by atoms with Crippen molar-refractivity contribution >= 4 is 5.97 Å². The largest absolute Gasteiger partial charge is 0.493 e. The second-order valence-electron chi connectivity index (χ2n) is 3.05. The highest BCUT2D eigenvalue weighted by Crippen LogP contribution is 2.30. The predicted molar refractivity (Wildman–Crippen MR) is 55.0 cm³/mol. The van der Waals surface area contributed by atoms with Crippen LogP contribution in [0.3, 0.4) is 0 Å². The fraction of sp³-hybridized carbons (Fsp3) is 0.273. The van der Waals surface area contributed by atoms with Gasteiger partial charge in [-0.15, -0.1) is 0 Å². The third kappa shape index (κ3) is 2.49. The van der Waals surface area contributed by atoms with Crippen molar-refractivity contribution in [2.75, 3.05) is 7.11 Å². The van der Waals surface area contributed by atoms with Crippen molar-refractivity contribution < 1.29 is 19.4 Å². The van der Waals surface area contributed by atoms with E-state index in [0.717, 1.165) is 0 Å². The maximum atomic E-state index is 11.2. The molecule has 5 heteroatoms. The Morgan fingerprint density at radius 3 is 2.75 bits per heavy atom. The molecule has 1 rings (SSSR count). The summed E-state index contributed by atoms with van der Waals surface area (Å²) in [5.41, 5.74) is 0.174. The van der Waals surface area contributed by atoms with Gasteiger partial charge >= 0.3 is 5.97 Å². The number of aliphatic hydroxyl groups is 1. The highest BCUT2D eigenvalue weighted by atomic mass is 16.6. The van der Waals surface area contributed by atoms with Gasteiger partial charge in [-0.2, -0.15) is 5.26 Å². The monoisotopic (exact) mass is 221 g/mol. The molecule has 84 valence electrons. The summed E-state index contributed by atoms with van der Waals surface area (Å²) in [5, 5.41) is 17.8. The summed E-state index contributed by atoms with van der Waals surface area (Å²) in [5.74, 6) is -0.535. The van der Waals surface area contributed by atoms with Crippen LogP contribution in [0.25, 0.3) is 0 Å². The van der Waals surface area contributed by atoms with Crippen LogP contribution in [0.1, 0.15) is 12.5 Å². The number of carbonyl (C=O) groups excluding carboxylic acids is 1. The third-order valence-electron chi connectivity index (χ3n) is 1.86. The summed E-state index contributed by atoms with van der Waals surface area (Å²) < 4.78 is 9.84. The van der Waals surface area contributed by atoms with Crippen molar-refractivity contribution in [2.45, 2.75) is 13.0 Å². The van der Waals surface area contributed by atoms with E-state index in [1.54, 1.807) is 12.1 Å². The topological polar surface area (TPSA) is 79.5 Å². The summed E-state index contributed by atoms with van der Waals surface area (Å²) in [4.78, 5) is 11.2. The molecule has 0 saturated heterocycles. The summed E-state index contributed by atoms with van der Waals surface area (Å²) in [6, 6.07) is 6.54. The molecule has 0 radical (unpaired) electrons. The molecule has 1 unspecified atom stereocenters. The Kier molecular flexibility index (Phi) is 3.86. The van der Waals surface area contributed by atoms with E-state index in [0.29, 0.717) is 0 Å². The quantitative estimate of drug-likeness (QED) is 0.604. The van der Waals surface area contributed by atoms with Gasteiger partial charge in [0.25, 0.3) is 0 Å². The van der Waals surface area contributed by atoms with Crippen molar-refractivity contribution in [3.8, 4) is 17.6 Å². The molecule has 0 spiro atoms. The Morgan fingerprint density at radius 2 is 2.25 bits per heavy atom. The average molecular weight is 221 g/mol. The van der Waals surface area contributed by atoms with E-state index in [9.17, 15) is 4.79 Å². The number of carbonyl (C=O) groups is 1. The van der Waals surface area contributed by atoms with Gasteiger partial charge in [0.2, 0.25) is 0 Å². The Morgan fingerprint density at radius 1 is 1.56 bits per heavy atom. The number of rotatable bonds is 3. The Bertz CT molecular complexity index is 434. The minimum Gasteiger partial charge on any atom is -0.493 e. The van der Waals surface area contributed by atoms with E-state index in [1.165, 1.54) is 20.1 Å². The number of hydrogen-bond donors (Lipinski definition) is 1. The molecule has 0 aromatic heterocycles. The van der Waals surface area contributed by atoms with Gasteiger partial charge in [-0.1, -0.05) is 6.07 Å². The number of aliphatic hydroxyl groups excluding tert-OH is 1. The standard InChI is InChI=1S/C11H11NO4/c1-7(13)11(14)16-10-8(6-12)4-3-5-9(10)15-2/h3-5,7,13H,1-2H3. The minimum absolute atomic E-state index is 0.0263. The summed E-state index contributed by atoms with van der Waals surface area (Å²) in [6.07, 6.45) is -1.25. The first-order valence-corrected chi connectivity index (χ1v) is 4.57. The number of methoxy groups -OCH3 is 1. The molecule has 5 nitrogen and oxygen atoms in total. The van der Waals surface area contributed by atoms with E-state index in [4.69, 9.17) is 19.8 Å². The lowest BCUT2D eigenvalue weighted by Crippen LogP contribution is -2.22. The van der Waals surface area contributed by atoms with Crippen LogP contribution in [0.4, 0.5) is 0 Å². The maximum Gasteiger partial charge on any atom is 0.340 e. The first-order chi connectivity index (χ1) is 7.60. The van der Waals surface area contributed by atoms with Crippen LogP contribution in [-0.2, 0) is 4.79 Å². The molecule has 16 heavy (non-hydrogen) atoms. The zero-order valence-corrected chi connectivity index (χ0v) is 8.93. The zero-order chi connectivity index (χ0) is 12.1. The lowest BCUT2D eigenvalue weighted by atomic mass is 10.2. The Labute approximate surface area is 92.8 Å². The molecule has 1 atom stereocenters. The van der Waals surface area contributed by atoms with Gasteiger partial charge in [-0.25, -0.2) is 4.79 Å². The molecular formula is C11H11NO4. The SMILES string of the molecule is COc1cccc(C#N)c1OC(=O)C(C)O. The molecule has 0 bridgehead atoms. The number of benzene rings is 1. The van der Waals surface area contributed by atoms with E-state index in [-0.39, 0.29) is 17.1 Å². The number of para-hydroxylation sites is 1. The number of nitrogens with zero attached hydrogens (tertiary/aromatic N) is 1. The van der Waals surface area contributed by atoms with Crippen LogP contribution < -0.4 is 9.47 Å². The summed E-state index contributed by atoms with van der Waals surface area (Å²) in [6.45, 7) is 1.28. The molecule has 1 aromatic rings. The summed E-state index contributed by atoms with van der Waals surface area (Å²) in [7, 11) is 1.40. The van der Waals surface area contributed by atoms with Crippen molar-refractivity contribution in [3.05, 3.63) is 23.8 Å². The van der Waals surface area contributed by atoms with E-state index in [1.807, 2.05) is 6.07 Å². The highest BCUT2D eigenvalue weighted by molar-refractivity contribution is 5.78. The van der Waals surface area contributed by atoms with Crippen LogP contribution in [0.15, 0.2) is 18.2 Å². The third-order valence-corrected chi connectivity index (χ3v) is 1.86. The van der Waals surface area contributed by atoms with Gasteiger partial charge in [-0.3, -0.25) is 0 Å². The lowest BCUT2D eigenvalue weighted by Gasteiger charge is -2.11. The molecule has 1 aromatic carbocycles. The van der Waals surface area contributed by atoms with E-state index in [2.05, 4.69) is 0 Å². The highest BCUT2D eigenvalue weighted by Gasteiger charge is 2.17. The fourth-order valence-corrected chi connectivity index (χ4v) is 1.06. The molecule has 0 amide bonds. The summed E-state index contributed by atoms with van der Waals surface area (Å²) >= 11 is 0. The Hall–Kier alpha value is -2.06. The number of esters is 1. The van der Waals surface area contributed by atoms with E-state index < -0.39 is 12.1 Å². The molecule has 0 aliphatic carbocycles. The minimum atomic E-state index is -1.25. The van der Waals surface area contributed by atoms with Crippen LogP contribution in [-0.4, -0.2) is 24.3 Å². The van der Waals surface area contributed by atoms with Crippen molar-refractivity contribution in [2.24, 2.45) is 0 Å². The zero-order valence-electron chi connectivity index (χ0n) is 8.93. The molecule has 0 heterocycles. The predicted octanol–water partition coefficient (Wildman–Crippen LogP) is 0.853. The van der Waals surface area contributed by atoms with Gasteiger partial charge in [0.15, 0.2) is 11.5 Å². The average Bonchev–Trinajstić information content (AvgIpc) is 2.29. The van der Waals surface area contributed by atoms with Gasteiger partial charge in [0.05, 0.1) is 12.7 Å². The number of ether oxygens (including phenoxy) is 2. The van der Waals surface area contributed by atoms with Crippen molar-refractivity contribution in [1.29, 1.82) is 5.26 Å².